The highest BCUT2D eigenvalue weighted by Gasteiger charge is 2.14. The molecule has 0 N–H and O–H groups in total. The first-order chi connectivity index (χ1) is 14.6. The molecule has 4 aromatic rings. The van der Waals surface area contributed by atoms with Crippen LogP contribution in [-0.2, 0) is 13.2 Å². The van der Waals surface area contributed by atoms with Crippen molar-refractivity contribution in [3.8, 4) is 11.5 Å². The normalized spacial score (nSPS) is 10.7. The molecule has 9 nitrogen and oxygen atoms in total. The number of furan rings is 1. The fourth-order valence-electron chi connectivity index (χ4n) is 2.64. The van der Waals surface area contributed by atoms with Gasteiger partial charge >= 0.3 is 5.97 Å². The van der Waals surface area contributed by atoms with Crippen molar-refractivity contribution < 1.29 is 23.2 Å². The van der Waals surface area contributed by atoms with Crippen LogP contribution in [0.5, 0.6) is 11.5 Å². The molecule has 0 atom stereocenters. The Morgan fingerprint density at radius 3 is 2.60 bits per heavy atom. The van der Waals surface area contributed by atoms with Crippen molar-refractivity contribution in [3.63, 3.8) is 0 Å². The van der Waals surface area contributed by atoms with Gasteiger partial charge < -0.3 is 23.0 Å². The number of aromatic nitrogens is 3. The van der Waals surface area contributed by atoms with E-state index in [0.29, 0.717) is 29.0 Å². The molecule has 152 valence electrons. The zero-order chi connectivity index (χ0) is 20.9. The van der Waals surface area contributed by atoms with Crippen molar-refractivity contribution in [1.82, 2.24) is 14.7 Å². The van der Waals surface area contributed by atoms with Crippen LogP contribution in [0.2, 0.25) is 0 Å². The highest BCUT2D eigenvalue weighted by Crippen LogP contribution is 2.20. The molecule has 0 saturated heterocycles. The molecular weight excluding hydrogens is 390 g/mol. The van der Waals surface area contributed by atoms with Crippen LogP contribution in [0, 0.1) is 6.92 Å². The Kier molecular flexibility index (Phi) is 5.42. The van der Waals surface area contributed by atoms with Crippen molar-refractivity contribution in [3.05, 3.63) is 94.4 Å². The standard InChI is InChI=1S/C21H17N3O6/c1-14-22-19(30-23-14)13-27-15-5-7-16(8-6-15)29-21(26)18-10-9-17(28-18)12-24-11-3-2-4-20(24)25/h2-11H,12-13H2,1H3. The van der Waals surface area contributed by atoms with Gasteiger partial charge in [0.2, 0.25) is 5.76 Å². The third-order valence-corrected chi connectivity index (χ3v) is 4.05. The largest absolute Gasteiger partial charge is 0.484 e. The summed E-state index contributed by atoms with van der Waals surface area (Å²) in [5.74, 6) is 1.66. The van der Waals surface area contributed by atoms with Gasteiger partial charge in [-0.1, -0.05) is 11.2 Å². The van der Waals surface area contributed by atoms with Gasteiger partial charge in [0.15, 0.2) is 12.4 Å². The fraction of sp³-hybridized carbons (Fsp3) is 0.143. The highest BCUT2D eigenvalue weighted by atomic mass is 16.5. The van der Waals surface area contributed by atoms with E-state index >= 15 is 0 Å². The molecule has 0 fully saturated rings. The fourth-order valence-corrected chi connectivity index (χ4v) is 2.64. The van der Waals surface area contributed by atoms with Gasteiger partial charge in [-0.3, -0.25) is 4.79 Å². The van der Waals surface area contributed by atoms with Crippen molar-refractivity contribution in [2.75, 3.05) is 0 Å². The molecule has 0 aliphatic rings. The maximum atomic E-state index is 12.3. The predicted octanol–water partition coefficient (Wildman–Crippen LogP) is 2.98. The number of esters is 1. The van der Waals surface area contributed by atoms with Crippen LogP contribution in [0.3, 0.4) is 0 Å². The van der Waals surface area contributed by atoms with Crippen LogP contribution in [0.15, 0.2) is 74.5 Å². The first-order valence-corrected chi connectivity index (χ1v) is 9.05. The Morgan fingerprint density at radius 1 is 1.07 bits per heavy atom. The minimum atomic E-state index is -0.642. The molecule has 30 heavy (non-hydrogen) atoms. The number of pyridine rings is 1. The van der Waals surface area contributed by atoms with Gasteiger partial charge in [0.1, 0.15) is 17.3 Å². The van der Waals surface area contributed by atoms with E-state index in [-0.39, 0.29) is 24.5 Å². The molecule has 3 heterocycles. The first kappa shape index (κ1) is 19.2. The molecule has 4 rings (SSSR count). The zero-order valence-corrected chi connectivity index (χ0v) is 16.0. The highest BCUT2D eigenvalue weighted by molar-refractivity contribution is 5.88. The van der Waals surface area contributed by atoms with E-state index in [2.05, 4.69) is 10.1 Å². The molecule has 0 radical (unpaired) electrons. The smallest absolute Gasteiger partial charge is 0.379 e. The number of rotatable bonds is 7. The van der Waals surface area contributed by atoms with Gasteiger partial charge in [0.05, 0.1) is 6.54 Å². The van der Waals surface area contributed by atoms with E-state index in [9.17, 15) is 9.59 Å². The van der Waals surface area contributed by atoms with E-state index in [4.69, 9.17) is 18.4 Å². The van der Waals surface area contributed by atoms with Gasteiger partial charge in [-0.05, 0) is 49.4 Å². The quantitative estimate of drug-likeness (QED) is 0.340. The molecular formula is C21H17N3O6. The number of nitrogens with zero attached hydrogens (tertiary/aromatic N) is 3. The topological polar surface area (TPSA) is 110 Å². The van der Waals surface area contributed by atoms with Crippen LogP contribution in [-0.4, -0.2) is 20.7 Å². The Balaban J connectivity index is 1.34. The Labute approximate surface area is 170 Å². The molecule has 0 amide bonds. The Morgan fingerprint density at radius 2 is 1.87 bits per heavy atom. The number of benzene rings is 1. The second-order valence-electron chi connectivity index (χ2n) is 6.32. The lowest BCUT2D eigenvalue weighted by Gasteiger charge is -2.05. The predicted molar refractivity (Wildman–Crippen MR) is 103 cm³/mol. The minimum absolute atomic E-state index is 0.0427. The van der Waals surface area contributed by atoms with Crippen molar-refractivity contribution in [1.29, 1.82) is 0 Å². The number of carbonyl (C=O) groups is 1. The van der Waals surface area contributed by atoms with Gasteiger partial charge in [0, 0.05) is 12.3 Å². The Bertz CT molecular complexity index is 1210. The maximum absolute atomic E-state index is 12.3. The second kappa shape index (κ2) is 8.48. The molecule has 3 aromatic heterocycles. The lowest BCUT2D eigenvalue weighted by molar-refractivity contribution is 0.0699. The van der Waals surface area contributed by atoms with Gasteiger partial charge in [0.25, 0.3) is 11.4 Å². The van der Waals surface area contributed by atoms with Crippen LogP contribution < -0.4 is 15.0 Å². The molecule has 0 spiro atoms. The van der Waals surface area contributed by atoms with Crippen molar-refractivity contribution >= 4 is 5.97 Å². The van der Waals surface area contributed by atoms with Crippen LogP contribution >= 0.6 is 0 Å². The zero-order valence-electron chi connectivity index (χ0n) is 16.0. The average molecular weight is 407 g/mol. The van der Waals surface area contributed by atoms with Gasteiger partial charge in [-0.25, -0.2) is 4.79 Å². The lowest BCUT2D eigenvalue weighted by Crippen LogP contribution is -2.17. The van der Waals surface area contributed by atoms with E-state index in [1.165, 1.54) is 16.7 Å². The number of hydrogen-bond acceptors (Lipinski definition) is 8. The molecule has 1 aromatic carbocycles. The SMILES string of the molecule is Cc1noc(COc2ccc(OC(=O)c3ccc(Cn4ccccc4=O)o3)cc2)n1. The summed E-state index contributed by atoms with van der Waals surface area (Å²) in [6, 6.07) is 14.5. The maximum Gasteiger partial charge on any atom is 0.379 e. The van der Waals surface area contributed by atoms with Crippen LogP contribution in [0.4, 0.5) is 0 Å². The van der Waals surface area contributed by atoms with E-state index in [1.54, 1.807) is 55.6 Å². The third kappa shape index (κ3) is 4.64. The summed E-state index contributed by atoms with van der Waals surface area (Å²) in [7, 11) is 0. The third-order valence-electron chi connectivity index (χ3n) is 4.05. The summed E-state index contributed by atoms with van der Waals surface area (Å²) < 4.78 is 22.8. The summed E-state index contributed by atoms with van der Waals surface area (Å²) in [6.45, 7) is 2.08. The number of aryl methyl sites for hydroxylation is 1. The molecule has 0 aliphatic carbocycles. The molecule has 0 bridgehead atoms. The summed E-state index contributed by atoms with van der Waals surface area (Å²) >= 11 is 0. The molecule has 0 saturated carbocycles. The van der Waals surface area contributed by atoms with Crippen LogP contribution in [0.1, 0.15) is 28.0 Å². The first-order valence-electron chi connectivity index (χ1n) is 9.05. The second-order valence-corrected chi connectivity index (χ2v) is 6.32. The number of hydrogen-bond donors (Lipinski definition) is 0. The molecule has 0 unspecified atom stereocenters. The summed E-state index contributed by atoms with van der Waals surface area (Å²) in [6.07, 6.45) is 1.64. The summed E-state index contributed by atoms with van der Waals surface area (Å²) in [5.41, 5.74) is -0.158. The summed E-state index contributed by atoms with van der Waals surface area (Å²) in [4.78, 5) is 28.1. The van der Waals surface area contributed by atoms with Crippen molar-refractivity contribution in [2.45, 2.75) is 20.1 Å². The van der Waals surface area contributed by atoms with E-state index < -0.39 is 5.97 Å². The molecule has 9 heteroatoms. The molecule has 0 aliphatic heterocycles. The minimum Gasteiger partial charge on any atom is -0.484 e. The van der Waals surface area contributed by atoms with Crippen molar-refractivity contribution in [2.24, 2.45) is 0 Å². The van der Waals surface area contributed by atoms with Crippen LogP contribution in [0.25, 0.3) is 0 Å². The number of carbonyl (C=O) groups excluding carboxylic acids is 1. The lowest BCUT2D eigenvalue weighted by atomic mass is 10.3. The average Bonchev–Trinajstić information content (AvgIpc) is 3.38. The monoisotopic (exact) mass is 407 g/mol. The number of ether oxygens (including phenoxy) is 2. The van der Waals surface area contributed by atoms with E-state index in [1.807, 2.05) is 0 Å². The summed E-state index contributed by atoms with van der Waals surface area (Å²) in [5, 5.41) is 3.68. The Hall–Kier alpha value is -4.14. The van der Waals surface area contributed by atoms with Gasteiger partial charge in [-0.2, -0.15) is 4.98 Å². The van der Waals surface area contributed by atoms with Gasteiger partial charge in [-0.15, -0.1) is 0 Å². The van der Waals surface area contributed by atoms with E-state index in [0.717, 1.165) is 0 Å².